The highest BCUT2D eigenvalue weighted by molar-refractivity contribution is 5.98. The Balaban J connectivity index is 1.39. The van der Waals surface area contributed by atoms with Gasteiger partial charge in [-0.15, -0.1) is 0 Å². The lowest BCUT2D eigenvalue weighted by Gasteiger charge is -2.41. The molecule has 2 unspecified atom stereocenters. The molecule has 0 saturated carbocycles. The maximum absolute atomic E-state index is 14.4. The quantitative estimate of drug-likeness (QED) is 0.431. The molecule has 0 aromatic heterocycles. The van der Waals surface area contributed by atoms with Gasteiger partial charge < -0.3 is 9.80 Å². The molecule has 2 fully saturated rings. The second-order valence-corrected chi connectivity index (χ2v) is 10.2. The number of allylic oxidation sites excluding steroid dienone is 1. The topological polar surface area (TPSA) is 59.7 Å². The number of piperidine rings is 2. The van der Waals surface area contributed by atoms with Gasteiger partial charge in [0.2, 0.25) is 0 Å². The zero-order valence-corrected chi connectivity index (χ0v) is 20.8. The number of urea groups is 1. The molecule has 0 radical (unpaired) electrons. The molecule has 2 saturated heterocycles. The minimum atomic E-state index is -4.42. The van der Waals surface area contributed by atoms with Gasteiger partial charge in [-0.05, 0) is 49.1 Å². The maximum atomic E-state index is 14.4. The number of halogens is 4. The van der Waals surface area contributed by atoms with Gasteiger partial charge in [-0.25, -0.2) is 9.18 Å². The molecule has 0 aliphatic carbocycles. The highest BCUT2D eigenvalue weighted by Gasteiger charge is 2.37. The third-order valence-electron chi connectivity index (χ3n) is 7.77. The van der Waals surface area contributed by atoms with Crippen molar-refractivity contribution in [3.8, 4) is 6.07 Å². The predicted molar refractivity (Wildman–Crippen MR) is 136 cm³/mol. The largest absolute Gasteiger partial charge is 0.416 e. The molecule has 198 valence electrons. The van der Waals surface area contributed by atoms with Crippen molar-refractivity contribution in [3.63, 3.8) is 0 Å². The van der Waals surface area contributed by atoms with Crippen LogP contribution in [0.2, 0.25) is 0 Å². The van der Waals surface area contributed by atoms with Gasteiger partial charge in [0.1, 0.15) is 5.82 Å². The molecule has 9 heteroatoms. The fourth-order valence-electron chi connectivity index (χ4n) is 5.63. The second-order valence-electron chi connectivity index (χ2n) is 10.2. The fraction of sp³-hybridized carbons (Fsp3) is 0.414. The van der Waals surface area contributed by atoms with E-state index in [4.69, 9.17) is 4.99 Å². The number of hydrogen-bond donors (Lipinski definition) is 0. The Morgan fingerprint density at radius 2 is 1.66 bits per heavy atom. The Morgan fingerprint density at radius 3 is 2.32 bits per heavy atom. The first-order valence-electron chi connectivity index (χ1n) is 12.9. The summed E-state index contributed by atoms with van der Waals surface area (Å²) in [6.45, 7) is 1.83. The van der Waals surface area contributed by atoms with Gasteiger partial charge in [-0.3, -0.25) is 4.99 Å². The van der Waals surface area contributed by atoms with Gasteiger partial charge in [-0.1, -0.05) is 30.3 Å². The molecule has 0 spiro atoms. The smallest absolute Gasteiger partial charge is 0.325 e. The first kappa shape index (κ1) is 26.0. The second kappa shape index (κ2) is 10.6. The van der Waals surface area contributed by atoms with Crippen molar-refractivity contribution in [2.24, 2.45) is 16.8 Å². The Kier molecular flexibility index (Phi) is 7.24. The van der Waals surface area contributed by atoms with E-state index in [-0.39, 0.29) is 29.6 Å². The van der Waals surface area contributed by atoms with Crippen LogP contribution >= 0.6 is 0 Å². The van der Waals surface area contributed by atoms with Crippen LogP contribution in [-0.2, 0) is 6.18 Å². The molecule has 0 bridgehead atoms. The molecule has 3 aliphatic heterocycles. The van der Waals surface area contributed by atoms with Crippen LogP contribution < -0.4 is 0 Å². The van der Waals surface area contributed by atoms with Gasteiger partial charge in [0, 0.05) is 61.6 Å². The molecule has 3 aliphatic rings. The van der Waals surface area contributed by atoms with Crippen LogP contribution in [-0.4, -0.2) is 47.7 Å². The molecule has 2 amide bonds. The Morgan fingerprint density at radius 1 is 0.974 bits per heavy atom. The average Bonchev–Trinajstić information content (AvgIpc) is 3.42. The summed E-state index contributed by atoms with van der Waals surface area (Å²) in [5, 5.41) is 9.20. The van der Waals surface area contributed by atoms with Crippen LogP contribution in [0.4, 0.5) is 22.4 Å². The fourth-order valence-corrected chi connectivity index (χ4v) is 5.63. The van der Waals surface area contributed by atoms with Crippen LogP contribution in [0.3, 0.4) is 0 Å². The van der Waals surface area contributed by atoms with Crippen molar-refractivity contribution in [3.05, 3.63) is 77.1 Å². The molecule has 0 N–H and O–H groups in total. The van der Waals surface area contributed by atoms with E-state index in [0.717, 1.165) is 23.4 Å². The van der Waals surface area contributed by atoms with Crippen LogP contribution in [0.25, 0.3) is 5.70 Å². The van der Waals surface area contributed by atoms with Crippen LogP contribution in [0, 0.1) is 29.0 Å². The molecule has 3 heterocycles. The van der Waals surface area contributed by atoms with E-state index >= 15 is 0 Å². The van der Waals surface area contributed by atoms with Gasteiger partial charge in [0.05, 0.1) is 17.3 Å². The third-order valence-corrected chi connectivity index (χ3v) is 7.77. The lowest BCUT2D eigenvalue weighted by atomic mass is 9.81. The summed E-state index contributed by atoms with van der Waals surface area (Å²) in [6, 6.07) is 13.8. The normalized spacial score (nSPS) is 22.6. The number of nitrogens with zero attached hydrogens (tertiary/aromatic N) is 4. The van der Waals surface area contributed by atoms with Crippen molar-refractivity contribution >= 4 is 17.4 Å². The first-order chi connectivity index (χ1) is 18.2. The average molecular weight is 525 g/mol. The molecule has 2 atom stereocenters. The zero-order chi connectivity index (χ0) is 26.9. The van der Waals surface area contributed by atoms with Crippen LogP contribution in [0.1, 0.15) is 48.3 Å². The molecule has 38 heavy (non-hydrogen) atoms. The summed E-state index contributed by atoms with van der Waals surface area (Å²) < 4.78 is 53.8. The third kappa shape index (κ3) is 5.45. The number of alkyl halides is 3. The summed E-state index contributed by atoms with van der Waals surface area (Å²) in [4.78, 5) is 21.8. The van der Waals surface area contributed by atoms with Gasteiger partial charge >= 0.3 is 12.2 Å². The van der Waals surface area contributed by atoms with E-state index in [1.165, 1.54) is 18.2 Å². The predicted octanol–water partition coefficient (Wildman–Crippen LogP) is 6.49. The number of nitriles is 1. The number of carbonyl (C=O) groups excluding carboxylic acids is 1. The van der Waals surface area contributed by atoms with Crippen molar-refractivity contribution in [2.45, 2.75) is 37.8 Å². The van der Waals surface area contributed by atoms with Gasteiger partial charge in [0.15, 0.2) is 0 Å². The SMILES string of the molecule is N#CC1CCN(C(=O)N2CC(C3=NC(c4ccccc4F)=CC3)CC(c3ccc(C(F)(F)F)cc3)C2)CC1. The summed E-state index contributed by atoms with van der Waals surface area (Å²) in [6.07, 6.45) is -0.117. The van der Waals surface area contributed by atoms with E-state index in [9.17, 15) is 27.6 Å². The summed E-state index contributed by atoms with van der Waals surface area (Å²) in [5.41, 5.74) is 1.86. The number of likely N-dealkylation sites (tertiary alicyclic amines) is 2. The first-order valence-corrected chi connectivity index (χ1v) is 12.9. The van der Waals surface area contributed by atoms with Crippen molar-refractivity contribution in [2.75, 3.05) is 26.2 Å². The van der Waals surface area contributed by atoms with Crippen LogP contribution in [0.15, 0.2) is 59.6 Å². The molecular formula is C29H28F4N4O. The summed E-state index contributed by atoms with van der Waals surface area (Å²) in [7, 11) is 0. The molecule has 2 aromatic carbocycles. The minimum Gasteiger partial charge on any atom is -0.325 e. The lowest BCUT2D eigenvalue weighted by molar-refractivity contribution is -0.137. The number of rotatable bonds is 3. The summed E-state index contributed by atoms with van der Waals surface area (Å²) >= 11 is 0. The molecule has 2 aromatic rings. The van der Waals surface area contributed by atoms with Crippen molar-refractivity contribution in [1.82, 2.24) is 9.80 Å². The van der Waals surface area contributed by atoms with Crippen molar-refractivity contribution in [1.29, 1.82) is 5.26 Å². The van der Waals surface area contributed by atoms with Gasteiger partial charge in [-0.2, -0.15) is 18.4 Å². The van der Waals surface area contributed by atoms with E-state index in [1.54, 1.807) is 28.0 Å². The van der Waals surface area contributed by atoms with Gasteiger partial charge in [0.25, 0.3) is 0 Å². The van der Waals surface area contributed by atoms with E-state index in [1.807, 2.05) is 6.08 Å². The lowest BCUT2D eigenvalue weighted by Crippen LogP contribution is -2.52. The standard InChI is InChI=1S/C29H28F4N4O/c30-25-4-2-1-3-24(25)27-10-9-26(35-27)22-15-21(20-5-7-23(8-6-20)29(31,32)33)17-37(18-22)28(38)36-13-11-19(16-34)12-14-36/h1-8,10,19,21-22H,9,11-15,17-18H2. The summed E-state index contributed by atoms with van der Waals surface area (Å²) in [5.74, 6) is -0.689. The monoisotopic (exact) mass is 524 g/mol. The molecular weight excluding hydrogens is 496 g/mol. The Labute approximate surface area is 219 Å². The minimum absolute atomic E-state index is 0.0521. The molecule has 5 rings (SSSR count). The number of benzene rings is 2. The number of aliphatic imine (C=N–C) groups is 1. The number of amides is 2. The highest BCUT2D eigenvalue weighted by Crippen LogP contribution is 2.37. The highest BCUT2D eigenvalue weighted by atomic mass is 19.4. The van der Waals surface area contributed by atoms with Crippen LogP contribution in [0.5, 0.6) is 0 Å². The molecule has 5 nitrogen and oxygen atoms in total. The number of carbonyl (C=O) groups is 1. The van der Waals surface area contributed by atoms with E-state index in [2.05, 4.69) is 6.07 Å². The number of hydrogen-bond acceptors (Lipinski definition) is 3. The maximum Gasteiger partial charge on any atom is 0.416 e. The zero-order valence-electron chi connectivity index (χ0n) is 20.8. The van der Waals surface area contributed by atoms with E-state index in [0.29, 0.717) is 63.1 Å². The van der Waals surface area contributed by atoms with Crippen molar-refractivity contribution < 1.29 is 22.4 Å². The Hall–Kier alpha value is -3.67. The van der Waals surface area contributed by atoms with E-state index < -0.39 is 11.7 Å². The Bertz CT molecular complexity index is 1290.